The van der Waals surface area contributed by atoms with Crippen LogP contribution < -0.4 is 10.6 Å². The second-order valence-corrected chi connectivity index (χ2v) is 5.67. The van der Waals surface area contributed by atoms with Gasteiger partial charge in [0.2, 0.25) is 0 Å². The summed E-state index contributed by atoms with van der Waals surface area (Å²) in [6.45, 7) is 2.98. The highest BCUT2D eigenvalue weighted by atomic mass is 16.5. The fourth-order valence-electron chi connectivity index (χ4n) is 2.70. The number of rotatable bonds is 4. The summed E-state index contributed by atoms with van der Waals surface area (Å²) in [5.41, 5.74) is 1.33. The van der Waals surface area contributed by atoms with E-state index in [0.717, 1.165) is 29.8 Å². The highest BCUT2D eigenvalue weighted by Crippen LogP contribution is 2.19. The molecule has 0 aliphatic carbocycles. The van der Waals surface area contributed by atoms with Crippen LogP contribution in [0.25, 0.3) is 10.9 Å². The van der Waals surface area contributed by atoms with Crippen LogP contribution in [0.4, 0.5) is 5.82 Å². The van der Waals surface area contributed by atoms with E-state index < -0.39 is 0 Å². The van der Waals surface area contributed by atoms with E-state index in [0.29, 0.717) is 18.7 Å². The molecule has 3 rings (SSSR count). The Hall–Kier alpha value is -2.25. The molecule has 0 spiro atoms. The molecule has 1 aromatic heterocycles. The average Bonchev–Trinajstić information content (AvgIpc) is 2.58. The van der Waals surface area contributed by atoms with Crippen molar-refractivity contribution in [2.45, 2.75) is 6.10 Å². The maximum absolute atomic E-state index is 12.3. The molecule has 2 heterocycles. The lowest BCUT2D eigenvalue weighted by molar-refractivity contribution is -0.0175. The van der Waals surface area contributed by atoms with Crippen LogP contribution in [0.2, 0.25) is 0 Å². The van der Waals surface area contributed by atoms with Crippen molar-refractivity contribution in [3.63, 3.8) is 0 Å². The fourth-order valence-corrected chi connectivity index (χ4v) is 2.70. The Labute approximate surface area is 135 Å². The van der Waals surface area contributed by atoms with Gasteiger partial charge in [0.1, 0.15) is 12.1 Å². The van der Waals surface area contributed by atoms with Gasteiger partial charge in [-0.25, -0.2) is 9.97 Å². The molecule has 1 fully saturated rings. The van der Waals surface area contributed by atoms with Gasteiger partial charge in [-0.1, -0.05) is 0 Å². The molecule has 2 N–H and O–H groups in total. The van der Waals surface area contributed by atoms with Crippen LogP contribution in [-0.4, -0.2) is 67.2 Å². The number of hydrogen-bond donors (Lipinski definition) is 2. The number of fused-ring (bicyclic) bond motifs is 1. The largest absolute Gasteiger partial charge is 0.374 e. The summed E-state index contributed by atoms with van der Waals surface area (Å²) in [5.74, 6) is 0.633. The Bertz CT molecular complexity index is 706. The van der Waals surface area contributed by atoms with Crippen LogP contribution in [0.15, 0.2) is 24.5 Å². The highest BCUT2D eigenvalue weighted by molar-refractivity contribution is 5.99. The maximum atomic E-state index is 12.3. The summed E-state index contributed by atoms with van der Waals surface area (Å²) in [7, 11) is 3.86. The van der Waals surface area contributed by atoms with Gasteiger partial charge in [0.25, 0.3) is 5.91 Å². The lowest BCUT2D eigenvalue weighted by Gasteiger charge is -2.30. The molecule has 2 aromatic rings. The lowest BCUT2D eigenvalue weighted by Crippen LogP contribution is -2.45. The summed E-state index contributed by atoms with van der Waals surface area (Å²) in [5, 5.41) is 6.84. The molecule has 1 aliphatic heterocycles. The van der Waals surface area contributed by atoms with Crippen molar-refractivity contribution in [3.05, 3.63) is 30.1 Å². The quantitative estimate of drug-likeness (QED) is 0.866. The molecular formula is C16H21N5O2. The van der Waals surface area contributed by atoms with Crippen molar-refractivity contribution in [1.82, 2.24) is 20.2 Å². The van der Waals surface area contributed by atoms with Crippen LogP contribution in [0.3, 0.4) is 0 Å². The molecule has 0 bridgehead atoms. The minimum absolute atomic E-state index is 0.0383. The van der Waals surface area contributed by atoms with Gasteiger partial charge in [0.05, 0.1) is 18.2 Å². The number of nitrogens with one attached hydrogen (secondary N) is 2. The number of ether oxygens (including phenoxy) is 1. The zero-order chi connectivity index (χ0) is 16.2. The van der Waals surface area contributed by atoms with Gasteiger partial charge in [-0.3, -0.25) is 4.79 Å². The smallest absolute Gasteiger partial charge is 0.251 e. The van der Waals surface area contributed by atoms with Crippen LogP contribution in [0.5, 0.6) is 0 Å². The van der Waals surface area contributed by atoms with Crippen molar-refractivity contribution < 1.29 is 9.53 Å². The molecule has 7 nitrogen and oxygen atoms in total. The standard InChI is InChI=1S/C16H21N5O2/c1-17-15-13-4-3-11(7-14(13)19-10-20-15)16(22)18-8-12-9-21(2)5-6-23-12/h3-4,7,10,12H,5-6,8-9H2,1-2H3,(H,18,22)(H,17,19,20). The molecule has 1 saturated heterocycles. The SMILES string of the molecule is CNc1ncnc2cc(C(=O)NCC3CN(C)CCO3)ccc12. The predicted octanol–water partition coefficient (Wildman–Crippen LogP) is 0.732. The summed E-state index contributed by atoms with van der Waals surface area (Å²) in [4.78, 5) is 22.9. The Balaban J connectivity index is 1.68. The molecule has 0 saturated carbocycles. The zero-order valence-electron chi connectivity index (χ0n) is 13.4. The number of amides is 1. The van der Waals surface area contributed by atoms with E-state index in [1.54, 1.807) is 12.1 Å². The Morgan fingerprint density at radius 1 is 1.43 bits per heavy atom. The monoisotopic (exact) mass is 315 g/mol. The highest BCUT2D eigenvalue weighted by Gasteiger charge is 2.18. The van der Waals surface area contributed by atoms with E-state index in [-0.39, 0.29) is 12.0 Å². The number of hydrogen-bond acceptors (Lipinski definition) is 6. The number of anilines is 1. The zero-order valence-corrected chi connectivity index (χ0v) is 13.4. The summed E-state index contributed by atoms with van der Waals surface area (Å²) in [6.07, 6.45) is 1.53. The maximum Gasteiger partial charge on any atom is 0.251 e. The fraction of sp³-hybridized carbons (Fsp3) is 0.438. The predicted molar refractivity (Wildman–Crippen MR) is 88.7 cm³/mol. The number of carbonyl (C=O) groups is 1. The summed E-state index contributed by atoms with van der Waals surface area (Å²) < 4.78 is 5.65. The number of nitrogens with zero attached hydrogens (tertiary/aromatic N) is 3. The Kier molecular flexibility index (Phi) is 4.68. The molecule has 1 aliphatic rings. The normalized spacial score (nSPS) is 18.8. The van der Waals surface area contributed by atoms with Crippen molar-refractivity contribution in [1.29, 1.82) is 0 Å². The molecule has 1 aromatic carbocycles. The minimum atomic E-state index is -0.117. The first-order valence-corrected chi connectivity index (χ1v) is 7.68. The van der Waals surface area contributed by atoms with E-state index >= 15 is 0 Å². The van der Waals surface area contributed by atoms with Crippen molar-refractivity contribution in [2.75, 3.05) is 45.7 Å². The molecule has 0 radical (unpaired) electrons. The van der Waals surface area contributed by atoms with Gasteiger partial charge in [0, 0.05) is 37.6 Å². The van der Waals surface area contributed by atoms with Crippen LogP contribution in [0, 0.1) is 0 Å². The average molecular weight is 315 g/mol. The van der Waals surface area contributed by atoms with Gasteiger partial charge < -0.3 is 20.3 Å². The number of morpholine rings is 1. The summed E-state index contributed by atoms with van der Waals surface area (Å²) in [6, 6.07) is 5.43. The van der Waals surface area contributed by atoms with Crippen molar-refractivity contribution in [3.8, 4) is 0 Å². The van der Waals surface area contributed by atoms with Crippen molar-refractivity contribution >= 4 is 22.6 Å². The molecule has 23 heavy (non-hydrogen) atoms. The third kappa shape index (κ3) is 3.57. The minimum Gasteiger partial charge on any atom is -0.374 e. The second-order valence-electron chi connectivity index (χ2n) is 5.67. The first kappa shape index (κ1) is 15.6. The topological polar surface area (TPSA) is 79.4 Å². The first-order chi connectivity index (χ1) is 11.2. The first-order valence-electron chi connectivity index (χ1n) is 7.68. The number of likely N-dealkylation sites (N-methyl/N-ethyl adjacent to an activating group) is 1. The molecule has 1 amide bonds. The Morgan fingerprint density at radius 2 is 2.30 bits per heavy atom. The van der Waals surface area contributed by atoms with E-state index in [1.165, 1.54) is 6.33 Å². The number of aromatic nitrogens is 2. The van der Waals surface area contributed by atoms with Gasteiger partial charge in [0.15, 0.2) is 0 Å². The lowest BCUT2D eigenvalue weighted by atomic mass is 10.1. The number of benzene rings is 1. The van der Waals surface area contributed by atoms with Crippen LogP contribution >= 0.6 is 0 Å². The van der Waals surface area contributed by atoms with E-state index in [1.807, 2.05) is 13.1 Å². The van der Waals surface area contributed by atoms with Gasteiger partial charge >= 0.3 is 0 Å². The van der Waals surface area contributed by atoms with Crippen molar-refractivity contribution in [2.24, 2.45) is 0 Å². The van der Waals surface area contributed by atoms with Crippen LogP contribution in [0.1, 0.15) is 10.4 Å². The molecular weight excluding hydrogens is 294 g/mol. The van der Waals surface area contributed by atoms with Gasteiger partial charge in [-0.05, 0) is 25.2 Å². The van der Waals surface area contributed by atoms with Gasteiger partial charge in [-0.15, -0.1) is 0 Å². The van der Waals surface area contributed by atoms with E-state index in [9.17, 15) is 4.79 Å². The van der Waals surface area contributed by atoms with Gasteiger partial charge in [-0.2, -0.15) is 0 Å². The third-order valence-electron chi connectivity index (χ3n) is 3.97. The van der Waals surface area contributed by atoms with E-state index in [2.05, 4.69) is 32.5 Å². The molecule has 122 valence electrons. The third-order valence-corrected chi connectivity index (χ3v) is 3.97. The second kappa shape index (κ2) is 6.89. The van der Waals surface area contributed by atoms with Crippen LogP contribution in [-0.2, 0) is 4.74 Å². The summed E-state index contributed by atoms with van der Waals surface area (Å²) >= 11 is 0. The number of carbonyl (C=O) groups excluding carboxylic acids is 1. The molecule has 1 unspecified atom stereocenters. The van der Waals surface area contributed by atoms with E-state index in [4.69, 9.17) is 4.74 Å². The molecule has 7 heteroatoms. The molecule has 1 atom stereocenters. The Morgan fingerprint density at radius 3 is 3.09 bits per heavy atom.